The Balaban J connectivity index is 4.14. The van der Waals surface area contributed by atoms with Crippen molar-refractivity contribution < 1.29 is 5.11 Å². The largest absolute Gasteiger partial charge is 0.383 e. The smallest absolute Gasteiger partial charge is 0.128 e. The van der Waals surface area contributed by atoms with Crippen LogP contribution in [0, 0.1) is 0 Å². The number of aliphatic hydroxyl groups is 1. The van der Waals surface area contributed by atoms with Crippen molar-refractivity contribution in [2.45, 2.75) is 19.4 Å². The Labute approximate surface area is 55.8 Å². The van der Waals surface area contributed by atoms with Crippen LogP contribution in [0.3, 0.4) is 0 Å². The Hall–Kier alpha value is -0.570. The molecule has 0 amide bonds. The van der Waals surface area contributed by atoms with E-state index in [9.17, 15) is 5.11 Å². The molecule has 2 N–H and O–H groups in total. The zero-order valence-corrected chi connectivity index (χ0v) is 6.39. The highest BCUT2D eigenvalue weighted by atomic mass is 16.3. The van der Waals surface area contributed by atoms with Crippen molar-refractivity contribution in [3.63, 3.8) is 0 Å². The molecule has 0 saturated heterocycles. The number of amidine groups is 1. The topological polar surface area (TPSA) is 44.6 Å². The monoisotopic (exact) mass is 130 g/mol. The van der Waals surface area contributed by atoms with Crippen molar-refractivity contribution in [2.24, 2.45) is 4.99 Å². The van der Waals surface area contributed by atoms with E-state index in [2.05, 4.69) is 10.3 Å². The molecule has 54 valence electrons. The number of likely N-dealkylation sites (N-methyl/N-ethyl adjacent to an activating group) is 1. The molecule has 0 atom stereocenters. The molecule has 0 aliphatic heterocycles. The molecule has 0 aromatic carbocycles. The second kappa shape index (κ2) is 2.82. The molecule has 0 radical (unpaired) electrons. The lowest BCUT2D eigenvalue weighted by atomic mass is 10.1. The minimum absolute atomic E-state index is 0.600. The Bertz CT molecular complexity index is 113. The standard InChI is InChI=1S/C6H14N2O/c1-6(2,9)5(7-3)8-4/h9H,1-4H3,(H,7,8). The number of aliphatic imine (C=N–C) groups is 1. The van der Waals surface area contributed by atoms with Crippen molar-refractivity contribution in [3.8, 4) is 0 Å². The fraction of sp³-hybridized carbons (Fsp3) is 0.833. The lowest BCUT2D eigenvalue weighted by molar-refractivity contribution is 0.150. The minimum atomic E-state index is -0.844. The molecule has 0 unspecified atom stereocenters. The van der Waals surface area contributed by atoms with Gasteiger partial charge in [-0.3, -0.25) is 4.99 Å². The predicted octanol–water partition coefficient (Wildman–Crippen LogP) is 0.00500. The maximum absolute atomic E-state index is 9.28. The highest BCUT2D eigenvalue weighted by Gasteiger charge is 2.18. The molecule has 0 aliphatic carbocycles. The fourth-order valence-corrected chi connectivity index (χ4v) is 0.691. The average molecular weight is 130 g/mol. The van der Waals surface area contributed by atoms with Crippen LogP contribution in [0.15, 0.2) is 4.99 Å². The van der Waals surface area contributed by atoms with Crippen LogP contribution in [0.4, 0.5) is 0 Å². The summed E-state index contributed by atoms with van der Waals surface area (Å²) in [7, 11) is 3.38. The third-order valence-electron chi connectivity index (χ3n) is 1.04. The quantitative estimate of drug-likeness (QED) is 0.388. The molecule has 3 nitrogen and oxygen atoms in total. The summed E-state index contributed by atoms with van der Waals surface area (Å²) in [5.74, 6) is 0.600. The van der Waals surface area contributed by atoms with Gasteiger partial charge in [0.15, 0.2) is 0 Å². The Morgan fingerprint density at radius 2 is 2.00 bits per heavy atom. The highest BCUT2D eigenvalue weighted by Crippen LogP contribution is 2.00. The number of nitrogens with zero attached hydrogens (tertiary/aromatic N) is 1. The normalized spacial score (nSPS) is 13.7. The van der Waals surface area contributed by atoms with Gasteiger partial charge >= 0.3 is 0 Å². The first-order valence-corrected chi connectivity index (χ1v) is 2.89. The van der Waals surface area contributed by atoms with E-state index in [0.717, 1.165) is 0 Å². The van der Waals surface area contributed by atoms with E-state index in [4.69, 9.17) is 0 Å². The average Bonchev–Trinajstić information content (AvgIpc) is 1.65. The van der Waals surface area contributed by atoms with Gasteiger partial charge in [0.2, 0.25) is 0 Å². The van der Waals surface area contributed by atoms with Gasteiger partial charge in [0.25, 0.3) is 0 Å². The molecule has 0 spiro atoms. The summed E-state index contributed by atoms with van der Waals surface area (Å²) in [4.78, 5) is 3.83. The van der Waals surface area contributed by atoms with Crippen molar-refractivity contribution in [1.82, 2.24) is 5.32 Å². The zero-order chi connectivity index (χ0) is 7.49. The third-order valence-corrected chi connectivity index (χ3v) is 1.04. The predicted molar refractivity (Wildman–Crippen MR) is 38.7 cm³/mol. The minimum Gasteiger partial charge on any atom is -0.383 e. The van der Waals surface area contributed by atoms with Gasteiger partial charge in [-0.25, -0.2) is 0 Å². The lowest BCUT2D eigenvalue weighted by Crippen LogP contribution is -2.40. The highest BCUT2D eigenvalue weighted by molar-refractivity contribution is 5.89. The third kappa shape index (κ3) is 2.46. The number of rotatable bonds is 1. The van der Waals surface area contributed by atoms with Crippen LogP contribution in [0.25, 0.3) is 0 Å². The molecule has 0 fully saturated rings. The van der Waals surface area contributed by atoms with Crippen LogP contribution >= 0.6 is 0 Å². The molecule has 0 heterocycles. The van der Waals surface area contributed by atoms with Crippen molar-refractivity contribution in [1.29, 1.82) is 0 Å². The second-order valence-electron chi connectivity index (χ2n) is 2.38. The number of nitrogens with one attached hydrogen (secondary N) is 1. The molecule has 0 rings (SSSR count). The summed E-state index contributed by atoms with van der Waals surface area (Å²) in [5.41, 5.74) is -0.844. The number of hydrogen-bond acceptors (Lipinski definition) is 2. The molecule has 9 heavy (non-hydrogen) atoms. The first kappa shape index (κ1) is 8.43. The zero-order valence-electron chi connectivity index (χ0n) is 6.39. The van der Waals surface area contributed by atoms with Gasteiger partial charge in [-0.05, 0) is 13.8 Å². The van der Waals surface area contributed by atoms with E-state index in [0.29, 0.717) is 5.84 Å². The molecule has 0 aromatic heterocycles. The van der Waals surface area contributed by atoms with E-state index >= 15 is 0 Å². The Morgan fingerprint density at radius 3 is 2.00 bits per heavy atom. The van der Waals surface area contributed by atoms with E-state index in [-0.39, 0.29) is 0 Å². The van der Waals surface area contributed by atoms with Crippen LogP contribution in [-0.4, -0.2) is 30.6 Å². The van der Waals surface area contributed by atoms with Gasteiger partial charge in [-0.1, -0.05) is 0 Å². The van der Waals surface area contributed by atoms with Gasteiger partial charge in [0, 0.05) is 14.1 Å². The van der Waals surface area contributed by atoms with Crippen molar-refractivity contribution in [2.75, 3.05) is 14.1 Å². The molecule has 0 bridgehead atoms. The van der Waals surface area contributed by atoms with Crippen LogP contribution in [0.1, 0.15) is 13.8 Å². The van der Waals surface area contributed by atoms with E-state index in [1.54, 1.807) is 27.9 Å². The summed E-state index contributed by atoms with van der Waals surface area (Å²) >= 11 is 0. The first-order chi connectivity index (χ1) is 4.02. The summed E-state index contributed by atoms with van der Waals surface area (Å²) in [5, 5.41) is 12.1. The summed E-state index contributed by atoms with van der Waals surface area (Å²) in [6, 6.07) is 0. The molecule has 0 aliphatic rings. The van der Waals surface area contributed by atoms with Crippen molar-refractivity contribution >= 4 is 5.84 Å². The Kier molecular flexibility index (Phi) is 2.65. The van der Waals surface area contributed by atoms with Gasteiger partial charge < -0.3 is 10.4 Å². The van der Waals surface area contributed by atoms with Crippen LogP contribution in [0.2, 0.25) is 0 Å². The van der Waals surface area contributed by atoms with Gasteiger partial charge in [0.1, 0.15) is 11.4 Å². The molecular formula is C6H14N2O. The van der Waals surface area contributed by atoms with Crippen LogP contribution < -0.4 is 5.32 Å². The van der Waals surface area contributed by atoms with Gasteiger partial charge in [0.05, 0.1) is 0 Å². The summed E-state index contributed by atoms with van der Waals surface area (Å²) < 4.78 is 0. The summed E-state index contributed by atoms with van der Waals surface area (Å²) in [6.07, 6.45) is 0. The van der Waals surface area contributed by atoms with Crippen molar-refractivity contribution in [3.05, 3.63) is 0 Å². The fourth-order valence-electron chi connectivity index (χ4n) is 0.691. The maximum Gasteiger partial charge on any atom is 0.128 e. The lowest BCUT2D eigenvalue weighted by Gasteiger charge is -2.18. The van der Waals surface area contributed by atoms with E-state index in [1.807, 2.05) is 0 Å². The van der Waals surface area contributed by atoms with Crippen LogP contribution in [0.5, 0.6) is 0 Å². The SMILES string of the molecule is CN=C(NC)C(C)(C)O. The molecule has 0 aromatic rings. The van der Waals surface area contributed by atoms with E-state index in [1.165, 1.54) is 0 Å². The Morgan fingerprint density at radius 1 is 1.56 bits per heavy atom. The van der Waals surface area contributed by atoms with E-state index < -0.39 is 5.60 Å². The maximum atomic E-state index is 9.28. The molecular weight excluding hydrogens is 116 g/mol. The first-order valence-electron chi connectivity index (χ1n) is 2.89. The summed E-state index contributed by atoms with van der Waals surface area (Å²) in [6.45, 7) is 3.37. The molecule has 0 saturated carbocycles. The van der Waals surface area contributed by atoms with Gasteiger partial charge in [-0.15, -0.1) is 0 Å². The molecule has 3 heteroatoms. The van der Waals surface area contributed by atoms with Gasteiger partial charge in [-0.2, -0.15) is 0 Å². The van der Waals surface area contributed by atoms with Crippen LogP contribution in [-0.2, 0) is 0 Å². The number of hydrogen-bond donors (Lipinski definition) is 2. The second-order valence-corrected chi connectivity index (χ2v) is 2.38.